The van der Waals surface area contributed by atoms with Gasteiger partial charge in [0.25, 0.3) is 0 Å². The normalized spacial score (nSPS) is 23.7. The first-order valence-electron chi connectivity index (χ1n) is 7.93. The molecule has 128 valence electrons. The Morgan fingerprint density at radius 1 is 1.39 bits per heavy atom. The molecular weight excluding hydrogens is 298 g/mol. The van der Waals surface area contributed by atoms with Gasteiger partial charge in [-0.2, -0.15) is 0 Å². The summed E-state index contributed by atoms with van der Waals surface area (Å²) in [6, 6.07) is -0.0823. The minimum Gasteiger partial charge on any atom is -0.444 e. The van der Waals surface area contributed by atoms with Crippen molar-refractivity contribution in [3.8, 4) is 0 Å². The minimum absolute atomic E-state index is 0.0823. The van der Waals surface area contributed by atoms with Crippen LogP contribution in [0.5, 0.6) is 0 Å². The molecular formula is C15H25N5O3. The Bertz CT molecular complexity index is 601. The Morgan fingerprint density at radius 3 is 2.65 bits per heavy atom. The van der Waals surface area contributed by atoms with Crippen molar-refractivity contribution in [1.82, 2.24) is 25.0 Å². The zero-order valence-electron chi connectivity index (χ0n) is 14.4. The van der Waals surface area contributed by atoms with E-state index in [-0.39, 0.29) is 12.1 Å². The summed E-state index contributed by atoms with van der Waals surface area (Å²) in [7, 11) is 1.94. The van der Waals surface area contributed by atoms with Crippen LogP contribution in [0.15, 0.2) is 0 Å². The van der Waals surface area contributed by atoms with E-state index in [4.69, 9.17) is 9.47 Å². The topological polar surface area (TPSA) is 81.5 Å². The molecule has 3 heterocycles. The van der Waals surface area contributed by atoms with Gasteiger partial charge < -0.3 is 24.3 Å². The number of nitrogens with zero attached hydrogens (tertiary/aromatic N) is 4. The molecule has 2 fully saturated rings. The molecule has 0 bridgehead atoms. The van der Waals surface area contributed by atoms with E-state index in [0.717, 1.165) is 18.2 Å². The Kier molecular flexibility index (Phi) is 3.84. The van der Waals surface area contributed by atoms with Crippen LogP contribution in [0.4, 0.5) is 4.79 Å². The number of likely N-dealkylation sites (tertiary alicyclic amines) is 1. The molecule has 1 aromatic heterocycles. The molecule has 3 rings (SSSR count). The van der Waals surface area contributed by atoms with Gasteiger partial charge >= 0.3 is 6.09 Å². The molecule has 8 nitrogen and oxygen atoms in total. The number of amides is 1. The third-order valence-corrected chi connectivity index (χ3v) is 4.32. The van der Waals surface area contributed by atoms with E-state index >= 15 is 0 Å². The quantitative estimate of drug-likeness (QED) is 0.822. The van der Waals surface area contributed by atoms with Crippen molar-refractivity contribution < 1.29 is 14.3 Å². The standard InChI is InChI=1S/C15H25N5O3/c1-10-17-18-12(19(10)5)11-15(22-7-6-16-11)8-20(9-15)13(21)23-14(2,3)4/h11,16H,6-9H2,1-5H3. The fourth-order valence-corrected chi connectivity index (χ4v) is 3.06. The van der Waals surface area contributed by atoms with Crippen LogP contribution in [-0.4, -0.2) is 63.2 Å². The molecule has 2 aliphatic rings. The van der Waals surface area contributed by atoms with E-state index in [0.29, 0.717) is 19.7 Å². The van der Waals surface area contributed by atoms with Crippen molar-refractivity contribution in [1.29, 1.82) is 0 Å². The molecule has 2 aliphatic heterocycles. The maximum atomic E-state index is 12.2. The number of ether oxygens (including phenoxy) is 2. The van der Waals surface area contributed by atoms with Crippen molar-refractivity contribution >= 4 is 6.09 Å². The molecule has 1 N–H and O–H groups in total. The highest BCUT2D eigenvalue weighted by Gasteiger charge is 2.56. The van der Waals surface area contributed by atoms with Crippen molar-refractivity contribution in [3.63, 3.8) is 0 Å². The predicted molar refractivity (Wildman–Crippen MR) is 83.0 cm³/mol. The van der Waals surface area contributed by atoms with Crippen LogP contribution in [-0.2, 0) is 16.5 Å². The van der Waals surface area contributed by atoms with Gasteiger partial charge in [0.05, 0.1) is 19.7 Å². The number of aromatic nitrogens is 3. The lowest BCUT2D eigenvalue weighted by Gasteiger charge is -2.54. The number of nitrogens with one attached hydrogen (secondary N) is 1. The number of hydrogen-bond donors (Lipinski definition) is 1. The average Bonchev–Trinajstić information content (AvgIpc) is 2.74. The molecule has 1 amide bonds. The highest BCUT2D eigenvalue weighted by atomic mass is 16.6. The molecule has 0 aromatic carbocycles. The van der Waals surface area contributed by atoms with Gasteiger partial charge in [-0.15, -0.1) is 10.2 Å². The average molecular weight is 323 g/mol. The maximum absolute atomic E-state index is 12.2. The molecule has 0 saturated carbocycles. The summed E-state index contributed by atoms with van der Waals surface area (Å²) in [5, 5.41) is 11.9. The molecule has 8 heteroatoms. The summed E-state index contributed by atoms with van der Waals surface area (Å²) < 4.78 is 13.4. The van der Waals surface area contributed by atoms with Crippen molar-refractivity contribution in [2.24, 2.45) is 7.05 Å². The summed E-state index contributed by atoms with van der Waals surface area (Å²) in [5.41, 5.74) is -0.950. The van der Waals surface area contributed by atoms with Crippen molar-refractivity contribution in [2.75, 3.05) is 26.2 Å². The van der Waals surface area contributed by atoms with E-state index in [9.17, 15) is 4.79 Å². The van der Waals surface area contributed by atoms with Crippen molar-refractivity contribution in [2.45, 2.75) is 44.9 Å². The Morgan fingerprint density at radius 2 is 2.09 bits per heavy atom. The second kappa shape index (κ2) is 5.45. The van der Waals surface area contributed by atoms with Crippen LogP contribution in [0.2, 0.25) is 0 Å². The van der Waals surface area contributed by atoms with E-state index < -0.39 is 11.2 Å². The lowest BCUT2D eigenvalue weighted by Crippen LogP contribution is -2.72. The number of carbonyl (C=O) groups excluding carboxylic acids is 1. The zero-order valence-corrected chi connectivity index (χ0v) is 14.4. The molecule has 1 aromatic rings. The first kappa shape index (κ1) is 16.2. The van der Waals surface area contributed by atoms with Gasteiger partial charge in [0.2, 0.25) is 0 Å². The highest BCUT2D eigenvalue weighted by Crippen LogP contribution is 2.39. The third kappa shape index (κ3) is 2.92. The smallest absolute Gasteiger partial charge is 0.410 e. The van der Waals surface area contributed by atoms with Gasteiger partial charge in [-0.25, -0.2) is 4.79 Å². The summed E-state index contributed by atoms with van der Waals surface area (Å²) in [6.07, 6.45) is -0.301. The number of rotatable bonds is 1. The molecule has 0 aliphatic carbocycles. The fourth-order valence-electron chi connectivity index (χ4n) is 3.06. The lowest BCUT2D eigenvalue weighted by atomic mass is 9.84. The van der Waals surface area contributed by atoms with Crippen LogP contribution >= 0.6 is 0 Å². The Hall–Kier alpha value is -1.67. The molecule has 1 atom stereocenters. The van der Waals surface area contributed by atoms with E-state index in [1.54, 1.807) is 4.90 Å². The number of aryl methyl sites for hydroxylation is 1. The zero-order chi connectivity index (χ0) is 16.8. The summed E-state index contributed by atoms with van der Waals surface area (Å²) in [6.45, 7) is 9.87. The van der Waals surface area contributed by atoms with E-state index in [2.05, 4.69) is 15.5 Å². The molecule has 1 unspecified atom stereocenters. The van der Waals surface area contributed by atoms with Gasteiger partial charge in [-0.3, -0.25) is 0 Å². The predicted octanol–water partition coefficient (Wildman–Crippen LogP) is 0.774. The fraction of sp³-hybridized carbons (Fsp3) is 0.800. The van der Waals surface area contributed by atoms with Gasteiger partial charge in [-0.05, 0) is 27.7 Å². The van der Waals surface area contributed by atoms with Crippen LogP contribution in [0.3, 0.4) is 0 Å². The SMILES string of the molecule is Cc1nnc(C2NCCOC23CN(C(=O)OC(C)(C)C)C3)n1C. The third-order valence-electron chi connectivity index (χ3n) is 4.32. The molecule has 2 saturated heterocycles. The second-order valence-electron chi connectivity index (χ2n) is 7.30. The van der Waals surface area contributed by atoms with Crippen molar-refractivity contribution in [3.05, 3.63) is 11.6 Å². The lowest BCUT2D eigenvalue weighted by molar-refractivity contribution is -0.177. The number of morpholine rings is 1. The number of carbonyl (C=O) groups is 1. The summed E-state index contributed by atoms with van der Waals surface area (Å²) in [5.74, 6) is 1.69. The first-order valence-corrected chi connectivity index (χ1v) is 7.93. The summed E-state index contributed by atoms with van der Waals surface area (Å²) in [4.78, 5) is 13.9. The highest BCUT2D eigenvalue weighted by molar-refractivity contribution is 5.69. The van der Waals surface area contributed by atoms with Crippen LogP contribution in [0, 0.1) is 6.92 Å². The Balaban J connectivity index is 1.74. The Labute approximate surface area is 136 Å². The van der Waals surface area contributed by atoms with Crippen LogP contribution < -0.4 is 5.32 Å². The van der Waals surface area contributed by atoms with E-state index in [1.807, 2.05) is 39.3 Å². The molecule has 23 heavy (non-hydrogen) atoms. The van der Waals surface area contributed by atoms with E-state index in [1.165, 1.54) is 0 Å². The van der Waals surface area contributed by atoms with Crippen LogP contribution in [0.1, 0.15) is 38.5 Å². The molecule has 1 spiro atoms. The van der Waals surface area contributed by atoms with Gasteiger partial charge in [0.15, 0.2) is 5.82 Å². The van der Waals surface area contributed by atoms with Gasteiger partial charge in [0, 0.05) is 13.6 Å². The van der Waals surface area contributed by atoms with Gasteiger partial charge in [-0.1, -0.05) is 0 Å². The summed E-state index contributed by atoms with van der Waals surface area (Å²) >= 11 is 0. The van der Waals surface area contributed by atoms with Gasteiger partial charge in [0.1, 0.15) is 23.1 Å². The monoisotopic (exact) mass is 323 g/mol. The minimum atomic E-state index is -0.494. The maximum Gasteiger partial charge on any atom is 0.410 e. The molecule has 0 radical (unpaired) electrons. The van der Waals surface area contributed by atoms with Crippen LogP contribution in [0.25, 0.3) is 0 Å². The largest absolute Gasteiger partial charge is 0.444 e. The number of hydrogen-bond acceptors (Lipinski definition) is 6. The first-order chi connectivity index (χ1) is 10.7. The second-order valence-corrected chi connectivity index (χ2v) is 7.30.